The van der Waals surface area contributed by atoms with Gasteiger partial charge in [-0.1, -0.05) is 24.6 Å². The smallest absolute Gasteiger partial charge is 0.0580 e. The van der Waals surface area contributed by atoms with E-state index < -0.39 is 0 Å². The second-order valence-electron chi connectivity index (χ2n) is 5.07. The summed E-state index contributed by atoms with van der Waals surface area (Å²) in [4.78, 5) is 1.41. The number of nitrogens with one attached hydrogen (secondary N) is 1. The summed E-state index contributed by atoms with van der Waals surface area (Å²) in [5, 5.41) is 13.4. The van der Waals surface area contributed by atoms with Gasteiger partial charge >= 0.3 is 0 Å². The van der Waals surface area contributed by atoms with Crippen LogP contribution in [0.2, 0.25) is 0 Å². The fourth-order valence-electron chi connectivity index (χ4n) is 2.88. The topological polar surface area (TPSA) is 32.3 Å². The number of aliphatic hydroxyl groups excluding tert-OH is 1. The fourth-order valence-corrected chi connectivity index (χ4v) is 4.08. The van der Waals surface area contributed by atoms with Gasteiger partial charge in [-0.2, -0.15) is 0 Å². The van der Waals surface area contributed by atoms with Crippen LogP contribution in [0.15, 0.2) is 29.2 Å². The minimum atomic E-state index is -0.0770. The Labute approximate surface area is 107 Å². The molecule has 0 spiro atoms. The van der Waals surface area contributed by atoms with E-state index in [1.165, 1.54) is 23.3 Å². The number of fused-ring (bicyclic) bond motifs is 1. The first-order valence-electron chi connectivity index (χ1n) is 6.48. The van der Waals surface area contributed by atoms with E-state index in [0.717, 1.165) is 18.7 Å². The highest BCUT2D eigenvalue weighted by Gasteiger charge is 2.27. The number of benzene rings is 1. The Morgan fingerprint density at radius 3 is 3.00 bits per heavy atom. The zero-order valence-electron chi connectivity index (χ0n) is 9.93. The lowest BCUT2D eigenvalue weighted by Crippen LogP contribution is -2.31. The van der Waals surface area contributed by atoms with Crippen LogP contribution in [0.4, 0.5) is 0 Å². The molecule has 17 heavy (non-hydrogen) atoms. The SMILES string of the molecule is OC1CCCC1CNC1CSc2ccccc21. The number of aliphatic hydroxyl groups is 1. The van der Waals surface area contributed by atoms with Crippen LogP contribution in [0.5, 0.6) is 0 Å². The molecular weight excluding hydrogens is 230 g/mol. The first kappa shape index (κ1) is 11.6. The van der Waals surface area contributed by atoms with Gasteiger partial charge in [-0.15, -0.1) is 11.8 Å². The van der Waals surface area contributed by atoms with Crippen LogP contribution in [0.25, 0.3) is 0 Å². The summed E-state index contributed by atoms with van der Waals surface area (Å²) in [7, 11) is 0. The Kier molecular flexibility index (Phi) is 3.41. The largest absolute Gasteiger partial charge is 0.393 e. The van der Waals surface area contributed by atoms with Crippen LogP contribution >= 0.6 is 11.8 Å². The molecule has 1 aliphatic carbocycles. The Balaban J connectivity index is 1.60. The van der Waals surface area contributed by atoms with E-state index in [9.17, 15) is 5.11 Å². The summed E-state index contributed by atoms with van der Waals surface area (Å²) < 4.78 is 0. The predicted octanol–water partition coefficient (Wildman–Crippen LogP) is 2.58. The first-order valence-corrected chi connectivity index (χ1v) is 7.46. The second-order valence-corrected chi connectivity index (χ2v) is 6.13. The van der Waals surface area contributed by atoms with E-state index in [1.807, 2.05) is 11.8 Å². The summed E-state index contributed by atoms with van der Waals surface area (Å²) in [5.41, 5.74) is 1.44. The van der Waals surface area contributed by atoms with Crippen molar-refractivity contribution in [2.75, 3.05) is 12.3 Å². The van der Waals surface area contributed by atoms with Crippen molar-refractivity contribution in [1.29, 1.82) is 0 Å². The molecule has 0 saturated heterocycles. The highest BCUT2D eigenvalue weighted by atomic mass is 32.2. The third kappa shape index (κ3) is 2.37. The van der Waals surface area contributed by atoms with E-state index in [2.05, 4.69) is 29.6 Å². The predicted molar refractivity (Wildman–Crippen MR) is 71.3 cm³/mol. The molecule has 0 amide bonds. The van der Waals surface area contributed by atoms with Gasteiger partial charge in [0.05, 0.1) is 6.10 Å². The minimum Gasteiger partial charge on any atom is -0.393 e. The van der Waals surface area contributed by atoms with E-state index >= 15 is 0 Å². The van der Waals surface area contributed by atoms with Crippen LogP contribution in [-0.2, 0) is 0 Å². The van der Waals surface area contributed by atoms with Crippen molar-refractivity contribution in [2.24, 2.45) is 5.92 Å². The van der Waals surface area contributed by atoms with Crippen LogP contribution in [0, 0.1) is 5.92 Å². The van der Waals surface area contributed by atoms with E-state index in [0.29, 0.717) is 12.0 Å². The summed E-state index contributed by atoms with van der Waals surface area (Å²) in [6.45, 7) is 0.959. The summed E-state index contributed by atoms with van der Waals surface area (Å²) in [6, 6.07) is 9.12. The van der Waals surface area contributed by atoms with Crippen LogP contribution in [-0.4, -0.2) is 23.5 Å². The van der Waals surface area contributed by atoms with Gasteiger partial charge in [-0.05, 0) is 30.4 Å². The molecule has 2 nitrogen and oxygen atoms in total. The maximum absolute atomic E-state index is 9.81. The van der Waals surface area contributed by atoms with Crippen molar-refractivity contribution in [1.82, 2.24) is 5.32 Å². The average Bonchev–Trinajstić information content (AvgIpc) is 2.93. The van der Waals surface area contributed by atoms with Crippen LogP contribution < -0.4 is 5.32 Å². The molecule has 1 aromatic carbocycles. The highest BCUT2D eigenvalue weighted by molar-refractivity contribution is 7.99. The van der Waals surface area contributed by atoms with Gasteiger partial charge in [0.25, 0.3) is 0 Å². The molecule has 3 heteroatoms. The Hall–Kier alpha value is -0.510. The molecule has 1 aromatic rings. The lowest BCUT2D eigenvalue weighted by molar-refractivity contribution is 0.130. The van der Waals surface area contributed by atoms with Crippen molar-refractivity contribution >= 4 is 11.8 Å². The van der Waals surface area contributed by atoms with Crippen molar-refractivity contribution in [3.8, 4) is 0 Å². The molecule has 3 atom stereocenters. The lowest BCUT2D eigenvalue weighted by atomic mass is 10.0. The standard InChI is InChI=1S/C14H19NOS/c16-13-6-3-4-10(13)8-15-12-9-17-14-7-2-1-5-11(12)14/h1-2,5,7,10,12-13,15-16H,3-4,6,8-9H2. The Morgan fingerprint density at radius 2 is 2.18 bits per heavy atom. The molecule has 92 valence electrons. The third-order valence-corrected chi connectivity index (χ3v) is 5.13. The average molecular weight is 249 g/mol. The van der Waals surface area contributed by atoms with Crippen molar-refractivity contribution in [3.63, 3.8) is 0 Å². The van der Waals surface area contributed by atoms with Crippen molar-refractivity contribution < 1.29 is 5.11 Å². The summed E-state index contributed by atoms with van der Waals surface area (Å²) >= 11 is 1.93. The normalized spacial score (nSPS) is 31.7. The van der Waals surface area contributed by atoms with Gasteiger partial charge in [0.15, 0.2) is 0 Å². The number of hydrogen-bond donors (Lipinski definition) is 2. The maximum atomic E-state index is 9.81. The van der Waals surface area contributed by atoms with Crippen LogP contribution in [0.1, 0.15) is 30.9 Å². The van der Waals surface area contributed by atoms with Crippen molar-refractivity contribution in [2.45, 2.75) is 36.3 Å². The molecule has 1 fully saturated rings. The molecular formula is C14H19NOS. The Bertz CT molecular complexity index is 396. The number of rotatable bonds is 3. The van der Waals surface area contributed by atoms with Crippen LogP contribution in [0.3, 0.4) is 0 Å². The molecule has 2 N–H and O–H groups in total. The van der Waals surface area contributed by atoms with Gasteiger partial charge in [0.1, 0.15) is 0 Å². The molecule has 2 aliphatic rings. The summed E-state index contributed by atoms with van der Waals surface area (Å²) in [5.74, 6) is 1.59. The monoisotopic (exact) mass is 249 g/mol. The summed E-state index contributed by atoms with van der Waals surface area (Å²) in [6.07, 6.45) is 3.27. The molecule has 1 aliphatic heterocycles. The minimum absolute atomic E-state index is 0.0770. The van der Waals surface area contributed by atoms with Crippen molar-refractivity contribution in [3.05, 3.63) is 29.8 Å². The Morgan fingerprint density at radius 1 is 1.29 bits per heavy atom. The third-order valence-electron chi connectivity index (χ3n) is 3.95. The molecule has 3 unspecified atom stereocenters. The fraction of sp³-hybridized carbons (Fsp3) is 0.571. The van der Waals surface area contributed by atoms with Gasteiger partial charge in [0.2, 0.25) is 0 Å². The maximum Gasteiger partial charge on any atom is 0.0580 e. The van der Waals surface area contributed by atoms with E-state index in [4.69, 9.17) is 0 Å². The van der Waals surface area contributed by atoms with Gasteiger partial charge in [-0.25, -0.2) is 0 Å². The first-order chi connectivity index (χ1) is 8.34. The molecule has 0 aromatic heterocycles. The number of thioether (sulfide) groups is 1. The zero-order chi connectivity index (χ0) is 11.7. The second kappa shape index (κ2) is 5.01. The highest BCUT2D eigenvalue weighted by Crippen LogP contribution is 2.38. The van der Waals surface area contributed by atoms with Gasteiger partial charge in [-0.3, -0.25) is 0 Å². The van der Waals surface area contributed by atoms with E-state index in [-0.39, 0.29) is 6.10 Å². The molecule has 0 radical (unpaired) electrons. The molecule has 3 rings (SSSR count). The van der Waals surface area contributed by atoms with Gasteiger partial charge in [0, 0.05) is 23.2 Å². The van der Waals surface area contributed by atoms with E-state index in [1.54, 1.807) is 0 Å². The zero-order valence-corrected chi connectivity index (χ0v) is 10.7. The molecule has 0 bridgehead atoms. The lowest BCUT2D eigenvalue weighted by Gasteiger charge is -2.19. The number of hydrogen-bond acceptors (Lipinski definition) is 3. The molecule has 1 saturated carbocycles. The quantitative estimate of drug-likeness (QED) is 0.863. The van der Waals surface area contributed by atoms with Gasteiger partial charge < -0.3 is 10.4 Å². The molecule has 1 heterocycles.